The summed E-state index contributed by atoms with van der Waals surface area (Å²) in [6.07, 6.45) is 0.651. The Kier molecular flexibility index (Phi) is 6.57. The summed E-state index contributed by atoms with van der Waals surface area (Å²) in [4.78, 5) is 25.8. The number of piperazine rings is 1. The number of hydrogen-bond donors (Lipinski definition) is 1. The van der Waals surface area contributed by atoms with Crippen molar-refractivity contribution in [1.29, 1.82) is 0 Å². The minimum Gasteiger partial charge on any atom is -0.497 e. The molecule has 3 heterocycles. The number of rotatable bonds is 6. The maximum absolute atomic E-state index is 12.8. The monoisotopic (exact) mass is 491 g/mol. The van der Waals surface area contributed by atoms with E-state index in [-0.39, 0.29) is 6.03 Å². The zero-order valence-corrected chi connectivity index (χ0v) is 20.3. The van der Waals surface area contributed by atoms with Crippen LogP contribution in [-0.2, 0) is 6.42 Å². The van der Waals surface area contributed by atoms with E-state index in [9.17, 15) is 4.79 Å². The first kappa shape index (κ1) is 22.8. The fourth-order valence-electron chi connectivity index (χ4n) is 3.87. The van der Waals surface area contributed by atoms with Crippen LogP contribution in [0.1, 0.15) is 17.3 Å². The molecule has 0 spiro atoms. The average Bonchev–Trinajstić information content (AvgIpc) is 3.53. The molecule has 10 nitrogen and oxygen atoms in total. The van der Waals surface area contributed by atoms with Gasteiger partial charge in [0.05, 0.1) is 7.11 Å². The molecule has 2 amide bonds. The highest BCUT2D eigenvalue weighted by atomic mass is 32.1. The fraction of sp³-hybridized carbons (Fsp3) is 0.292. The second-order valence-electron chi connectivity index (χ2n) is 8.14. The van der Waals surface area contributed by atoms with Crippen LogP contribution in [0.25, 0.3) is 11.4 Å². The van der Waals surface area contributed by atoms with Gasteiger partial charge in [0.15, 0.2) is 0 Å². The smallest absolute Gasteiger partial charge is 0.321 e. The molecule has 0 atom stereocenters. The number of aromatic nitrogens is 4. The van der Waals surface area contributed by atoms with Crippen molar-refractivity contribution in [3.63, 3.8) is 0 Å². The van der Waals surface area contributed by atoms with Gasteiger partial charge in [0, 0.05) is 62.3 Å². The number of nitrogens with one attached hydrogen (secondary N) is 1. The van der Waals surface area contributed by atoms with Crippen molar-refractivity contribution >= 4 is 28.4 Å². The van der Waals surface area contributed by atoms with Gasteiger partial charge in [0.25, 0.3) is 0 Å². The molecular formula is C24H25N7O3S. The topological polar surface area (TPSA) is 110 Å². The molecule has 11 heteroatoms. The van der Waals surface area contributed by atoms with Crippen molar-refractivity contribution in [1.82, 2.24) is 24.4 Å². The molecule has 1 N–H and O–H groups in total. The second kappa shape index (κ2) is 10.1. The van der Waals surface area contributed by atoms with Gasteiger partial charge in [-0.1, -0.05) is 29.4 Å². The second-order valence-corrected chi connectivity index (χ2v) is 8.87. The number of ether oxygens (including phenoxy) is 1. The summed E-state index contributed by atoms with van der Waals surface area (Å²) in [6, 6.07) is 15.2. The van der Waals surface area contributed by atoms with Crippen LogP contribution in [0, 0.1) is 6.92 Å². The molecule has 2 aromatic carbocycles. The van der Waals surface area contributed by atoms with E-state index in [4.69, 9.17) is 14.2 Å². The highest BCUT2D eigenvalue weighted by Gasteiger charge is 2.23. The van der Waals surface area contributed by atoms with Crippen LogP contribution in [-0.4, -0.2) is 63.7 Å². The molecule has 1 aliphatic rings. The molecular weight excluding hydrogens is 466 g/mol. The standard InChI is InChI=1S/C24H25N7O3S/c1-16-25-22(28-34-16)18-6-4-7-19(15-18)26-23(32)30-9-11-31(12-10-30)24-27-21(29-35-24)14-17-5-3-8-20(13-17)33-2/h3-8,13,15H,9-12,14H2,1-2H3,(H,26,32). The lowest BCUT2D eigenvalue weighted by Gasteiger charge is -2.34. The maximum atomic E-state index is 12.8. The highest BCUT2D eigenvalue weighted by Crippen LogP contribution is 2.23. The van der Waals surface area contributed by atoms with Crippen LogP contribution in [0.3, 0.4) is 0 Å². The summed E-state index contributed by atoms with van der Waals surface area (Å²) >= 11 is 1.39. The number of carbonyl (C=O) groups is 1. The summed E-state index contributed by atoms with van der Waals surface area (Å²) in [5, 5.41) is 7.79. The molecule has 0 bridgehead atoms. The Morgan fingerprint density at radius 1 is 1.11 bits per heavy atom. The van der Waals surface area contributed by atoms with Crippen molar-refractivity contribution in [3.8, 4) is 17.1 Å². The van der Waals surface area contributed by atoms with E-state index >= 15 is 0 Å². The van der Waals surface area contributed by atoms with Crippen LogP contribution in [0.5, 0.6) is 5.75 Å². The van der Waals surface area contributed by atoms with Gasteiger partial charge < -0.3 is 24.4 Å². The molecule has 1 aliphatic heterocycles. The summed E-state index contributed by atoms with van der Waals surface area (Å²) in [7, 11) is 1.66. The first-order chi connectivity index (χ1) is 17.1. The number of anilines is 2. The first-order valence-electron chi connectivity index (χ1n) is 11.2. The molecule has 0 saturated carbocycles. The third-order valence-electron chi connectivity index (χ3n) is 5.69. The summed E-state index contributed by atoms with van der Waals surface area (Å²) in [6.45, 7) is 4.33. The molecule has 180 valence electrons. The number of nitrogens with zero attached hydrogens (tertiary/aromatic N) is 6. The van der Waals surface area contributed by atoms with Crippen LogP contribution < -0.4 is 15.0 Å². The number of benzene rings is 2. The molecule has 0 aliphatic carbocycles. The van der Waals surface area contributed by atoms with Crippen molar-refractivity contribution in [2.45, 2.75) is 13.3 Å². The predicted octanol–water partition coefficient (Wildman–Crippen LogP) is 3.85. The lowest BCUT2D eigenvalue weighted by molar-refractivity contribution is 0.208. The van der Waals surface area contributed by atoms with Crippen molar-refractivity contribution in [2.75, 3.05) is 43.5 Å². The summed E-state index contributed by atoms with van der Waals surface area (Å²) < 4.78 is 14.9. The number of methoxy groups -OCH3 is 1. The minimum absolute atomic E-state index is 0.137. The van der Waals surface area contributed by atoms with Gasteiger partial charge in [0.1, 0.15) is 11.6 Å². The SMILES string of the molecule is COc1cccc(Cc2nsc(N3CCN(C(=O)Nc4cccc(-c5noc(C)n5)c4)CC3)n2)c1. The zero-order chi connectivity index (χ0) is 24.2. The van der Waals surface area contributed by atoms with Gasteiger partial charge >= 0.3 is 6.03 Å². The van der Waals surface area contributed by atoms with Crippen molar-refractivity contribution < 1.29 is 14.1 Å². The van der Waals surface area contributed by atoms with Crippen LogP contribution in [0.15, 0.2) is 53.1 Å². The van der Waals surface area contributed by atoms with Gasteiger partial charge in [0.2, 0.25) is 16.8 Å². The van der Waals surface area contributed by atoms with Gasteiger partial charge in [-0.25, -0.2) is 9.78 Å². The van der Waals surface area contributed by atoms with Gasteiger partial charge in [-0.05, 0) is 29.8 Å². The Bertz CT molecular complexity index is 1310. The van der Waals surface area contributed by atoms with E-state index in [1.54, 1.807) is 18.9 Å². The molecule has 0 unspecified atom stereocenters. The normalized spacial score (nSPS) is 13.7. The maximum Gasteiger partial charge on any atom is 0.321 e. The third-order valence-corrected chi connectivity index (χ3v) is 6.51. The Hall–Kier alpha value is -3.99. The van der Waals surface area contributed by atoms with Crippen LogP contribution in [0.4, 0.5) is 15.6 Å². The minimum atomic E-state index is -0.137. The van der Waals surface area contributed by atoms with E-state index < -0.39 is 0 Å². The van der Waals surface area contributed by atoms with Crippen LogP contribution >= 0.6 is 11.5 Å². The van der Waals surface area contributed by atoms with Crippen LogP contribution in [0.2, 0.25) is 0 Å². The fourth-order valence-corrected chi connectivity index (χ4v) is 4.60. The van der Waals surface area contributed by atoms with E-state index in [1.165, 1.54) is 11.5 Å². The molecule has 2 aromatic heterocycles. The average molecular weight is 492 g/mol. The van der Waals surface area contributed by atoms with E-state index in [1.807, 2.05) is 48.5 Å². The third kappa shape index (κ3) is 5.40. The Labute approximate surface area is 206 Å². The highest BCUT2D eigenvalue weighted by molar-refractivity contribution is 7.09. The lowest BCUT2D eigenvalue weighted by Crippen LogP contribution is -2.50. The number of hydrogen-bond acceptors (Lipinski definition) is 9. The Morgan fingerprint density at radius 2 is 1.94 bits per heavy atom. The Balaban J connectivity index is 1.15. The molecule has 1 fully saturated rings. The number of urea groups is 1. The van der Waals surface area contributed by atoms with E-state index in [0.717, 1.165) is 27.8 Å². The molecule has 5 rings (SSSR count). The van der Waals surface area contributed by atoms with Crippen molar-refractivity contribution in [2.24, 2.45) is 0 Å². The molecule has 4 aromatic rings. The summed E-state index contributed by atoms with van der Waals surface area (Å²) in [5.74, 6) is 2.60. The number of amides is 2. The number of aryl methyl sites for hydroxylation is 1. The zero-order valence-electron chi connectivity index (χ0n) is 19.5. The molecule has 1 saturated heterocycles. The Morgan fingerprint density at radius 3 is 2.71 bits per heavy atom. The van der Waals surface area contributed by atoms with Crippen molar-refractivity contribution in [3.05, 3.63) is 65.8 Å². The quantitative estimate of drug-likeness (QED) is 0.433. The van der Waals surface area contributed by atoms with E-state index in [0.29, 0.717) is 50.0 Å². The largest absolute Gasteiger partial charge is 0.497 e. The lowest BCUT2D eigenvalue weighted by atomic mass is 10.1. The van der Waals surface area contributed by atoms with Gasteiger partial charge in [-0.15, -0.1) is 0 Å². The number of carbonyl (C=O) groups excluding carboxylic acids is 1. The van der Waals surface area contributed by atoms with Gasteiger partial charge in [-0.2, -0.15) is 9.36 Å². The molecule has 35 heavy (non-hydrogen) atoms. The summed E-state index contributed by atoms with van der Waals surface area (Å²) in [5.41, 5.74) is 2.57. The molecule has 0 radical (unpaired) electrons. The predicted molar refractivity (Wildman–Crippen MR) is 133 cm³/mol. The van der Waals surface area contributed by atoms with Gasteiger partial charge in [-0.3, -0.25) is 0 Å². The van der Waals surface area contributed by atoms with E-state index in [2.05, 4.69) is 24.7 Å². The first-order valence-corrected chi connectivity index (χ1v) is 12.0.